The van der Waals surface area contributed by atoms with E-state index in [4.69, 9.17) is 9.15 Å². The van der Waals surface area contributed by atoms with Crippen LogP contribution in [0.1, 0.15) is 17.1 Å². The van der Waals surface area contributed by atoms with Gasteiger partial charge in [-0.3, -0.25) is 4.79 Å². The normalized spacial score (nSPS) is 24.6. The van der Waals surface area contributed by atoms with E-state index in [0.29, 0.717) is 12.6 Å². The number of rotatable bonds is 4. The second-order valence-electron chi connectivity index (χ2n) is 3.80. The molecule has 0 aliphatic carbocycles. The molecule has 2 heterocycles. The molecule has 16 heavy (non-hydrogen) atoms. The highest BCUT2D eigenvalue weighted by Crippen LogP contribution is 2.07. The lowest BCUT2D eigenvalue weighted by atomic mass is 10.2. The Morgan fingerprint density at radius 3 is 3.38 bits per heavy atom. The fourth-order valence-corrected chi connectivity index (χ4v) is 1.84. The maximum atomic E-state index is 11.6. The number of nitrogens with zero attached hydrogens (tertiary/aromatic N) is 1. The van der Waals surface area contributed by atoms with Crippen molar-refractivity contribution in [1.82, 2.24) is 15.6 Å². The van der Waals surface area contributed by atoms with E-state index in [1.807, 2.05) is 0 Å². The Hall–Kier alpha value is -1.40. The average molecular weight is 225 g/mol. The second kappa shape index (κ2) is 5.09. The Morgan fingerprint density at radius 2 is 2.69 bits per heavy atom. The summed E-state index contributed by atoms with van der Waals surface area (Å²) in [7, 11) is 1.67. The molecular weight excluding hydrogens is 210 g/mol. The van der Waals surface area contributed by atoms with Gasteiger partial charge in [-0.15, -0.1) is 0 Å². The predicted molar refractivity (Wildman–Crippen MR) is 56.0 cm³/mol. The van der Waals surface area contributed by atoms with E-state index >= 15 is 0 Å². The minimum atomic E-state index is -0.269. The molecule has 2 rings (SSSR count). The topological polar surface area (TPSA) is 76.4 Å². The maximum Gasteiger partial charge on any atom is 0.307 e. The molecule has 1 amide bonds. The van der Waals surface area contributed by atoms with Crippen LogP contribution in [0.4, 0.5) is 0 Å². The smallest absolute Gasteiger partial charge is 0.307 e. The summed E-state index contributed by atoms with van der Waals surface area (Å²) >= 11 is 0. The summed E-state index contributed by atoms with van der Waals surface area (Å²) in [5.74, 6) is -0.162. The first-order chi connectivity index (χ1) is 7.79. The van der Waals surface area contributed by atoms with Crippen molar-refractivity contribution in [3.8, 4) is 0 Å². The van der Waals surface area contributed by atoms with Crippen molar-refractivity contribution in [2.75, 3.05) is 20.3 Å². The summed E-state index contributed by atoms with van der Waals surface area (Å²) in [6, 6.07) is 0.416. The van der Waals surface area contributed by atoms with Gasteiger partial charge in [-0.05, 0) is 6.42 Å². The summed E-state index contributed by atoms with van der Waals surface area (Å²) in [5, 5.41) is 6.12. The van der Waals surface area contributed by atoms with Crippen molar-refractivity contribution >= 4 is 5.91 Å². The fourth-order valence-electron chi connectivity index (χ4n) is 1.84. The SMILES string of the molecule is COC[C@@H]1C[C@@H](NC(=O)c2ncco2)CN1. The second-order valence-corrected chi connectivity index (χ2v) is 3.80. The number of aromatic nitrogens is 1. The van der Waals surface area contributed by atoms with E-state index in [9.17, 15) is 4.79 Å². The van der Waals surface area contributed by atoms with Gasteiger partial charge in [0.1, 0.15) is 6.26 Å². The van der Waals surface area contributed by atoms with Crippen LogP contribution >= 0.6 is 0 Å². The number of methoxy groups -OCH3 is 1. The highest BCUT2D eigenvalue weighted by Gasteiger charge is 2.26. The van der Waals surface area contributed by atoms with E-state index in [0.717, 1.165) is 13.0 Å². The third-order valence-electron chi connectivity index (χ3n) is 2.55. The number of carbonyl (C=O) groups is 1. The van der Waals surface area contributed by atoms with E-state index in [2.05, 4.69) is 15.6 Å². The maximum absolute atomic E-state index is 11.6. The highest BCUT2D eigenvalue weighted by molar-refractivity contribution is 5.89. The molecule has 0 saturated carbocycles. The van der Waals surface area contributed by atoms with E-state index in [1.54, 1.807) is 7.11 Å². The van der Waals surface area contributed by atoms with Gasteiger partial charge in [0.25, 0.3) is 5.89 Å². The minimum Gasteiger partial charge on any atom is -0.441 e. The first-order valence-electron chi connectivity index (χ1n) is 5.22. The molecular formula is C10H15N3O3. The van der Waals surface area contributed by atoms with Crippen molar-refractivity contribution in [2.24, 2.45) is 0 Å². The van der Waals surface area contributed by atoms with Gasteiger partial charge in [0.15, 0.2) is 0 Å². The third kappa shape index (κ3) is 2.59. The Morgan fingerprint density at radius 1 is 1.81 bits per heavy atom. The first kappa shape index (κ1) is 11.1. The molecule has 1 aromatic rings. The van der Waals surface area contributed by atoms with Gasteiger partial charge in [0, 0.05) is 25.7 Å². The molecule has 0 aromatic carbocycles. The van der Waals surface area contributed by atoms with Crippen LogP contribution in [0.15, 0.2) is 16.9 Å². The van der Waals surface area contributed by atoms with Crippen molar-refractivity contribution in [3.05, 3.63) is 18.4 Å². The van der Waals surface area contributed by atoms with Crippen molar-refractivity contribution in [1.29, 1.82) is 0 Å². The summed E-state index contributed by atoms with van der Waals surface area (Å²) in [4.78, 5) is 15.4. The molecule has 2 N–H and O–H groups in total. The zero-order valence-corrected chi connectivity index (χ0v) is 9.10. The van der Waals surface area contributed by atoms with Crippen LogP contribution in [0.25, 0.3) is 0 Å². The van der Waals surface area contributed by atoms with Gasteiger partial charge in [-0.2, -0.15) is 0 Å². The number of nitrogens with one attached hydrogen (secondary N) is 2. The monoisotopic (exact) mass is 225 g/mol. The van der Waals surface area contributed by atoms with E-state index in [-0.39, 0.29) is 17.8 Å². The van der Waals surface area contributed by atoms with Crippen LogP contribution < -0.4 is 10.6 Å². The van der Waals surface area contributed by atoms with Crippen LogP contribution in [0.2, 0.25) is 0 Å². The molecule has 0 radical (unpaired) electrons. The standard InChI is InChI=1S/C10H15N3O3/c1-15-6-8-4-7(5-12-8)13-9(14)10-11-2-3-16-10/h2-3,7-8,12H,4-6H2,1H3,(H,13,14)/t7-,8+/m1/s1. The summed E-state index contributed by atoms with van der Waals surface area (Å²) in [6.07, 6.45) is 3.70. The molecule has 1 aliphatic rings. The predicted octanol–water partition coefficient (Wildman–Crippen LogP) is -0.219. The van der Waals surface area contributed by atoms with Crippen LogP contribution in [0, 0.1) is 0 Å². The molecule has 0 bridgehead atoms. The fraction of sp³-hybridized carbons (Fsp3) is 0.600. The van der Waals surface area contributed by atoms with Gasteiger partial charge in [-0.1, -0.05) is 0 Å². The van der Waals surface area contributed by atoms with Gasteiger partial charge in [0.2, 0.25) is 0 Å². The zero-order chi connectivity index (χ0) is 11.4. The van der Waals surface area contributed by atoms with Gasteiger partial charge < -0.3 is 19.8 Å². The van der Waals surface area contributed by atoms with Gasteiger partial charge in [0.05, 0.1) is 12.8 Å². The summed E-state index contributed by atoms with van der Waals surface area (Å²) in [5.41, 5.74) is 0. The van der Waals surface area contributed by atoms with Crippen LogP contribution in [-0.4, -0.2) is 43.2 Å². The number of amides is 1. The molecule has 1 saturated heterocycles. The van der Waals surface area contributed by atoms with E-state index < -0.39 is 0 Å². The quantitative estimate of drug-likeness (QED) is 0.741. The van der Waals surface area contributed by atoms with Crippen molar-refractivity contribution in [3.63, 3.8) is 0 Å². The first-order valence-corrected chi connectivity index (χ1v) is 5.22. The van der Waals surface area contributed by atoms with Crippen LogP contribution in [0.5, 0.6) is 0 Å². The van der Waals surface area contributed by atoms with Crippen molar-refractivity contribution in [2.45, 2.75) is 18.5 Å². The third-order valence-corrected chi connectivity index (χ3v) is 2.55. The minimum absolute atomic E-state index is 0.107. The van der Waals surface area contributed by atoms with Gasteiger partial charge >= 0.3 is 5.91 Å². The number of ether oxygens (including phenoxy) is 1. The Kier molecular flexibility index (Phi) is 3.53. The van der Waals surface area contributed by atoms with Crippen LogP contribution in [-0.2, 0) is 4.74 Å². The van der Waals surface area contributed by atoms with Crippen LogP contribution in [0.3, 0.4) is 0 Å². The lowest BCUT2D eigenvalue weighted by Gasteiger charge is -2.10. The summed E-state index contributed by atoms with van der Waals surface area (Å²) < 4.78 is 9.96. The Labute approximate surface area is 93.4 Å². The number of oxazole rings is 1. The molecule has 0 spiro atoms. The molecule has 6 nitrogen and oxygen atoms in total. The van der Waals surface area contributed by atoms with E-state index in [1.165, 1.54) is 12.5 Å². The zero-order valence-electron chi connectivity index (χ0n) is 9.10. The Bertz CT molecular complexity index is 339. The molecule has 2 atom stereocenters. The summed E-state index contributed by atoms with van der Waals surface area (Å²) in [6.45, 7) is 1.41. The average Bonchev–Trinajstić information content (AvgIpc) is 2.89. The Balaban J connectivity index is 1.81. The molecule has 0 unspecified atom stereocenters. The number of carbonyl (C=O) groups excluding carboxylic acids is 1. The van der Waals surface area contributed by atoms with Gasteiger partial charge in [-0.25, -0.2) is 4.98 Å². The largest absolute Gasteiger partial charge is 0.441 e. The lowest BCUT2D eigenvalue weighted by Crippen LogP contribution is -2.36. The number of hydrogen-bond donors (Lipinski definition) is 2. The molecule has 1 aromatic heterocycles. The van der Waals surface area contributed by atoms with Crippen molar-refractivity contribution < 1.29 is 13.9 Å². The molecule has 88 valence electrons. The molecule has 1 aliphatic heterocycles. The molecule has 1 fully saturated rings. The number of hydrogen-bond acceptors (Lipinski definition) is 5. The molecule has 6 heteroatoms. The lowest BCUT2D eigenvalue weighted by molar-refractivity contribution is 0.0903. The highest BCUT2D eigenvalue weighted by atomic mass is 16.5.